The second kappa shape index (κ2) is 9.77. The maximum Gasteiger partial charge on any atom is 0.234 e. The topological polar surface area (TPSA) is 55.8 Å². The van der Waals surface area contributed by atoms with E-state index in [9.17, 15) is 9.90 Å². The Morgan fingerprint density at radius 1 is 1.21 bits per heavy atom. The molecule has 5 nitrogen and oxygen atoms in total. The van der Waals surface area contributed by atoms with Crippen molar-refractivity contribution in [2.75, 3.05) is 32.7 Å². The van der Waals surface area contributed by atoms with E-state index in [1.807, 2.05) is 6.07 Å². The van der Waals surface area contributed by atoms with Gasteiger partial charge in [0.2, 0.25) is 5.91 Å². The van der Waals surface area contributed by atoms with Gasteiger partial charge in [-0.3, -0.25) is 14.6 Å². The summed E-state index contributed by atoms with van der Waals surface area (Å²) in [5, 5.41) is 12.7. The molecule has 0 radical (unpaired) electrons. The van der Waals surface area contributed by atoms with Crippen LogP contribution in [0.4, 0.5) is 0 Å². The molecule has 0 spiro atoms. The van der Waals surface area contributed by atoms with Crippen LogP contribution in [-0.2, 0) is 17.9 Å². The number of rotatable bonds is 8. The summed E-state index contributed by atoms with van der Waals surface area (Å²) in [6, 6.07) is 8.30. The van der Waals surface area contributed by atoms with Gasteiger partial charge in [0.1, 0.15) is 0 Å². The van der Waals surface area contributed by atoms with Gasteiger partial charge in [0, 0.05) is 26.2 Å². The van der Waals surface area contributed by atoms with Crippen molar-refractivity contribution < 1.29 is 9.90 Å². The lowest BCUT2D eigenvalue weighted by molar-refractivity contribution is -0.122. The lowest BCUT2D eigenvalue weighted by atomic mass is 10.0. The van der Waals surface area contributed by atoms with Gasteiger partial charge in [-0.25, -0.2) is 0 Å². The van der Waals surface area contributed by atoms with Crippen LogP contribution in [0.2, 0.25) is 0 Å². The highest BCUT2D eigenvalue weighted by atomic mass is 16.3. The van der Waals surface area contributed by atoms with E-state index in [0.717, 1.165) is 45.6 Å². The van der Waals surface area contributed by atoms with Gasteiger partial charge in [-0.15, -0.1) is 0 Å². The molecule has 2 N–H and O–H groups in total. The first-order valence-electron chi connectivity index (χ1n) is 9.08. The van der Waals surface area contributed by atoms with Crippen molar-refractivity contribution in [3.63, 3.8) is 0 Å². The molecule has 0 aliphatic carbocycles. The monoisotopic (exact) mass is 333 g/mol. The molecular formula is C19H31N3O2. The summed E-state index contributed by atoms with van der Waals surface area (Å²) in [6.45, 7) is 9.71. The van der Waals surface area contributed by atoms with Crippen LogP contribution in [0.25, 0.3) is 0 Å². The molecule has 1 amide bonds. The summed E-state index contributed by atoms with van der Waals surface area (Å²) in [6.07, 6.45) is 1.56. The van der Waals surface area contributed by atoms with Crippen molar-refractivity contribution in [1.82, 2.24) is 15.1 Å². The number of nitrogens with one attached hydrogen (secondary N) is 1. The van der Waals surface area contributed by atoms with Gasteiger partial charge in [-0.05, 0) is 37.1 Å². The van der Waals surface area contributed by atoms with E-state index >= 15 is 0 Å². The summed E-state index contributed by atoms with van der Waals surface area (Å²) >= 11 is 0. The van der Waals surface area contributed by atoms with Crippen LogP contribution in [0.3, 0.4) is 0 Å². The third kappa shape index (κ3) is 5.89. The number of aliphatic hydroxyl groups excluding tert-OH is 1. The van der Waals surface area contributed by atoms with Crippen molar-refractivity contribution >= 4 is 5.91 Å². The second-order valence-corrected chi connectivity index (χ2v) is 6.51. The molecule has 24 heavy (non-hydrogen) atoms. The number of benzene rings is 1. The highest BCUT2D eigenvalue weighted by Crippen LogP contribution is 2.16. The minimum absolute atomic E-state index is 0.0783. The van der Waals surface area contributed by atoms with Gasteiger partial charge < -0.3 is 10.4 Å². The number of hydrogen-bond acceptors (Lipinski definition) is 4. The Bertz CT molecular complexity index is 509. The van der Waals surface area contributed by atoms with Gasteiger partial charge in [-0.2, -0.15) is 0 Å². The summed E-state index contributed by atoms with van der Waals surface area (Å²) < 4.78 is 0. The fourth-order valence-corrected chi connectivity index (χ4v) is 3.10. The summed E-state index contributed by atoms with van der Waals surface area (Å²) in [5.41, 5.74) is 2.44. The van der Waals surface area contributed by atoms with Gasteiger partial charge >= 0.3 is 0 Å². The first-order valence-corrected chi connectivity index (χ1v) is 9.08. The van der Waals surface area contributed by atoms with Crippen LogP contribution in [0, 0.1) is 0 Å². The Hall–Kier alpha value is -1.43. The van der Waals surface area contributed by atoms with Gasteiger partial charge in [-0.1, -0.05) is 38.1 Å². The molecule has 0 aromatic heterocycles. The van der Waals surface area contributed by atoms with E-state index in [4.69, 9.17) is 0 Å². The maximum absolute atomic E-state index is 12.1. The molecule has 1 heterocycles. The number of carbonyl (C=O) groups is 1. The minimum Gasteiger partial charge on any atom is -0.393 e. The fourth-order valence-electron chi connectivity index (χ4n) is 3.10. The molecule has 5 heteroatoms. The van der Waals surface area contributed by atoms with E-state index in [1.54, 1.807) is 0 Å². The fraction of sp³-hybridized carbons (Fsp3) is 0.632. The smallest absolute Gasteiger partial charge is 0.234 e. The zero-order chi connectivity index (χ0) is 17.4. The number of piperidine rings is 1. The third-order valence-corrected chi connectivity index (χ3v) is 4.81. The summed E-state index contributed by atoms with van der Waals surface area (Å²) in [4.78, 5) is 16.6. The van der Waals surface area contributed by atoms with Crippen molar-refractivity contribution in [3.05, 3.63) is 35.4 Å². The van der Waals surface area contributed by atoms with Gasteiger partial charge in [0.05, 0.1) is 12.6 Å². The number of likely N-dealkylation sites (tertiary alicyclic amines) is 1. The van der Waals surface area contributed by atoms with Crippen LogP contribution in [-0.4, -0.2) is 59.6 Å². The maximum atomic E-state index is 12.1. The predicted octanol–water partition coefficient (Wildman–Crippen LogP) is 1.60. The quantitative estimate of drug-likeness (QED) is 0.759. The Kier molecular flexibility index (Phi) is 7.69. The predicted molar refractivity (Wildman–Crippen MR) is 96.6 cm³/mol. The van der Waals surface area contributed by atoms with E-state index in [-0.39, 0.29) is 12.0 Å². The average molecular weight is 333 g/mol. The summed E-state index contributed by atoms with van der Waals surface area (Å²) in [7, 11) is 0. The number of aliphatic hydroxyl groups is 1. The van der Waals surface area contributed by atoms with Crippen LogP contribution >= 0.6 is 0 Å². The normalized spacial score (nSPS) is 16.5. The number of likely N-dealkylation sites (N-methyl/N-ethyl adjacent to an activating group) is 1. The molecular weight excluding hydrogens is 302 g/mol. The standard InChI is InChI=1S/C19H31N3O2/c1-3-21(4-2)15-19(24)20-13-16-7-5-6-8-17(16)14-22-11-9-18(23)10-12-22/h5-8,18,23H,3-4,9-15H2,1-2H3,(H,20,24). The van der Waals surface area contributed by atoms with Crippen LogP contribution in [0.5, 0.6) is 0 Å². The zero-order valence-electron chi connectivity index (χ0n) is 15.0. The number of amides is 1. The number of carbonyl (C=O) groups excluding carboxylic acids is 1. The summed E-state index contributed by atoms with van der Waals surface area (Å²) in [5.74, 6) is 0.0783. The largest absolute Gasteiger partial charge is 0.393 e. The van der Waals surface area contributed by atoms with Crippen molar-refractivity contribution in [1.29, 1.82) is 0 Å². The molecule has 134 valence electrons. The lowest BCUT2D eigenvalue weighted by Gasteiger charge is -2.30. The van der Waals surface area contributed by atoms with E-state index in [1.165, 1.54) is 11.1 Å². The average Bonchev–Trinajstić information content (AvgIpc) is 2.61. The number of nitrogens with zero attached hydrogens (tertiary/aromatic N) is 2. The van der Waals surface area contributed by atoms with Crippen molar-refractivity contribution in [2.45, 2.75) is 45.9 Å². The molecule has 0 saturated carbocycles. The third-order valence-electron chi connectivity index (χ3n) is 4.81. The van der Waals surface area contributed by atoms with Crippen LogP contribution in [0.15, 0.2) is 24.3 Å². The van der Waals surface area contributed by atoms with Gasteiger partial charge in [0.25, 0.3) is 0 Å². The first-order chi connectivity index (χ1) is 11.6. The molecule has 2 rings (SSSR count). The molecule has 1 aromatic carbocycles. The lowest BCUT2D eigenvalue weighted by Crippen LogP contribution is -2.37. The SMILES string of the molecule is CCN(CC)CC(=O)NCc1ccccc1CN1CCC(O)CC1. The Labute approximate surface area is 145 Å². The zero-order valence-corrected chi connectivity index (χ0v) is 15.0. The first kappa shape index (κ1) is 18.9. The Balaban J connectivity index is 1.88. The van der Waals surface area contributed by atoms with Crippen molar-refractivity contribution in [2.24, 2.45) is 0 Å². The molecule has 1 fully saturated rings. The second-order valence-electron chi connectivity index (χ2n) is 6.51. The molecule has 1 saturated heterocycles. The molecule has 0 atom stereocenters. The van der Waals surface area contributed by atoms with Gasteiger partial charge in [0.15, 0.2) is 0 Å². The van der Waals surface area contributed by atoms with E-state index < -0.39 is 0 Å². The highest BCUT2D eigenvalue weighted by Gasteiger charge is 2.18. The Morgan fingerprint density at radius 3 is 2.46 bits per heavy atom. The van der Waals surface area contributed by atoms with E-state index in [2.05, 4.69) is 47.2 Å². The number of hydrogen-bond donors (Lipinski definition) is 2. The minimum atomic E-state index is -0.143. The van der Waals surface area contributed by atoms with Crippen molar-refractivity contribution in [3.8, 4) is 0 Å². The van der Waals surface area contributed by atoms with Crippen LogP contribution in [0.1, 0.15) is 37.8 Å². The Morgan fingerprint density at radius 2 is 1.83 bits per heavy atom. The molecule has 0 bridgehead atoms. The molecule has 1 aliphatic rings. The molecule has 1 aromatic rings. The molecule has 1 aliphatic heterocycles. The van der Waals surface area contributed by atoms with Crippen LogP contribution < -0.4 is 5.32 Å². The highest BCUT2D eigenvalue weighted by molar-refractivity contribution is 5.78. The molecule has 0 unspecified atom stereocenters. The van der Waals surface area contributed by atoms with E-state index in [0.29, 0.717) is 13.1 Å².